The van der Waals surface area contributed by atoms with Crippen LogP contribution in [-0.2, 0) is 0 Å². The largest absolute Gasteiger partial charge is 0.0611 e. The molecule has 8 atom stereocenters. The fraction of sp³-hybridized carbons (Fsp3) is 0.909. The minimum absolute atomic E-state index is 0.627. The fourth-order valence-corrected chi connectivity index (χ4v) is 9.50. The molecule has 8 rings (SSSR count). The average molecular weight is 296 g/mol. The normalized spacial score (nSPS) is 64.6. The van der Waals surface area contributed by atoms with Gasteiger partial charge in [-0.1, -0.05) is 25.0 Å². The van der Waals surface area contributed by atoms with Gasteiger partial charge >= 0.3 is 0 Å². The van der Waals surface area contributed by atoms with Crippen LogP contribution in [0.5, 0.6) is 0 Å². The molecule has 0 spiro atoms. The van der Waals surface area contributed by atoms with E-state index in [1.54, 1.807) is 64.2 Å². The molecule has 120 valence electrons. The van der Waals surface area contributed by atoms with Gasteiger partial charge in [-0.2, -0.15) is 0 Å². The molecule has 0 nitrogen and oxygen atoms in total. The third kappa shape index (κ3) is 1.51. The van der Waals surface area contributed by atoms with E-state index in [-0.39, 0.29) is 0 Å². The molecule has 0 N–H and O–H groups in total. The highest BCUT2D eigenvalue weighted by Crippen LogP contribution is 2.69. The molecule has 0 aromatic carbocycles. The average Bonchev–Trinajstić information content (AvgIpc) is 2.38. The molecule has 8 aliphatic carbocycles. The van der Waals surface area contributed by atoms with Crippen molar-refractivity contribution >= 4 is 0 Å². The lowest BCUT2D eigenvalue weighted by Gasteiger charge is -2.63. The van der Waals surface area contributed by atoms with Gasteiger partial charge in [0.05, 0.1) is 0 Å². The van der Waals surface area contributed by atoms with Crippen LogP contribution in [0.2, 0.25) is 0 Å². The Labute approximate surface area is 136 Å². The summed E-state index contributed by atoms with van der Waals surface area (Å²) < 4.78 is 0. The smallest absolute Gasteiger partial charge is 0.0105 e. The third-order valence-electron chi connectivity index (χ3n) is 9.17. The summed E-state index contributed by atoms with van der Waals surface area (Å²) in [5, 5.41) is 0. The standard InChI is InChI=1S/C22H32/c1-21-9-13-3-14(10-21)6-17(5-13)19(21)20-18-7-15-4-16(8-18)12-22(20,2)11-15/h13-18H,3-12H2,1-2H3/b20-19+/t13-,14+,15-,16+,17?,18?,21?,22?. The highest BCUT2D eigenvalue weighted by Gasteiger charge is 2.58. The molecule has 0 aromatic rings. The van der Waals surface area contributed by atoms with Gasteiger partial charge in [-0.25, -0.2) is 0 Å². The molecular weight excluding hydrogens is 264 g/mol. The summed E-state index contributed by atoms with van der Waals surface area (Å²) in [7, 11) is 0. The maximum atomic E-state index is 2.69. The summed E-state index contributed by atoms with van der Waals surface area (Å²) in [5.41, 5.74) is 5.40. The Kier molecular flexibility index (Phi) is 2.30. The van der Waals surface area contributed by atoms with E-state index in [0.717, 1.165) is 35.5 Å². The SMILES string of the molecule is CC12C[C@@H]3CC(C[C@@H](C3)C1)/C2=C1/C2C[C@@H]3C[C@H](C2)CC1(C)C3. The van der Waals surface area contributed by atoms with E-state index in [0.29, 0.717) is 10.8 Å². The molecular formula is C22H32. The zero-order valence-corrected chi connectivity index (χ0v) is 14.5. The molecule has 0 radical (unpaired) electrons. The van der Waals surface area contributed by atoms with Crippen molar-refractivity contribution in [2.75, 3.05) is 0 Å². The van der Waals surface area contributed by atoms with Crippen molar-refractivity contribution in [3.63, 3.8) is 0 Å². The van der Waals surface area contributed by atoms with Gasteiger partial charge in [-0.3, -0.25) is 0 Å². The summed E-state index contributed by atoms with van der Waals surface area (Å²) in [6.45, 7) is 5.38. The third-order valence-corrected chi connectivity index (χ3v) is 9.17. The monoisotopic (exact) mass is 296 g/mol. The topological polar surface area (TPSA) is 0 Å². The number of hydrogen-bond donors (Lipinski definition) is 0. The Morgan fingerprint density at radius 1 is 0.545 bits per heavy atom. The Morgan fingerprint density at radius 3 is 1.14 bits per heavy atom. The molecule has 0 amide bonds. The number of rotatable bonds is 0. The van der Waals surface area contributed by atoms with E-state index in [4.69, 9.17) is 0 Å². The summed E-state index contributed by atoms with van der Waals surface area (Å²) in [5.74, 6) is 6.40. The lowest BCUT2D eigenvalue weighted by atomic mass is 9.41. The van der Waals surface area contributed by atoms with Gasteiger partial charge < -0.3 is 0 Å². The quantitative estimate of drug-likeness (QED) is 0.483. The van der Waals surface area contributed by atoms with Gasteiger partial charge in [-0.05, 0) is 111 Å². The second-order valence-corrected chi connectivity index (χ2v) is 11.0. The first kappa shape index (κ1) is 13.1. The van der Waals surface area contributed by atoms with Crippen molar-refractivity contribution in [2.45, 2.75) is 78.1 Å². The van der Waals surface area contributed by atoms with E-state index in [1.807, 2.05) is 0 Å². The first-order valence-corrected chi connectivity index (χ1v) is 10.3. The zero-order valence-electron chi connectivity index (χ0n) is 14.5. The lowest BCUT2D eigenvalue weighted by molar-refractivity contribution is -0.0175. The van der Waals surface area contributed by atoms with Gasteiger partial charge in [0.2, 0.25) is 0 Å². The van der Waals surface area contributed by atoms with Crippen LogP contribution in [0.3, 0.4) is 0 Å². The van der Waals surface area contributed by atoms with Crippen LogP contribution >= 0.6 is 0 Å². The predicted molar refractivity (Wildman–Crippen MR) is 90.4 cm³/mol. The van der Waals surface area contributed by atoms with Crippen molar-refractivity contribution in [3.8, 4) is 0 Å². The Balaban J connectivity index is 1.53. The van der Waals surface area contributed by atoms with E-state index < -0.39 is 0 Å². The van der Waals surface area contributed by atoms with Gasteiger partial charge in [0, 0.05) is 0 Å². The van der Waals surface area contributed by atoms with Crippen LogP contribution in [0.4, 0.5) is 0 Å². The van der Waals surface area contributed by atoms with Gasteiger partial charge in [0.1, 0.15) is 0 Å². The van der Waals surface area contributed by atoms with Gasteiger partial charge in [0.25, 0.3) is 0 Å². The minimum Gasteiger partial charge on any atom is -0.0611 e. The van der Waals surface area contributed by atoms with Gasteiger partial charge in [-0.15, -0.1) is 0 Å². The molecule has 0 heteroatoms. The predicted octanol–water partition coefficient (Wildman–Crippen LogP) is 5.98. The second-order valence-electron chi connectivity index (χ2n) is 11.0. The summed E-state index contributed by atoms with van der Waals surface area (Å²) in [6, 6.07) is 0. The Hall–Kier alpha value is -0.260. The Morgan fingerprint density at radius 2 is 0.864 bits per heavy atom. The van der Waals surface area contributed by atoms with Crippen LogP contribution in [0.15, 0.2) is 11.1 Å². The molecule has 22 heavy (non-hydrogen) atoms. The molecule has 8 fully saturated rings. The van der Waals surface area contributed by atoms with E-state index in [1.165, 1.54) is 0 Å². The molecule has 0 saturated heterocycles. The van der Waals surface area contributed by atoms with E-state index >= 15 is 0 Å². The number of allylic oxidation sites excluding steroid dienone is 2. The van der Waals surface area contributed by atoms with Gasteiger partial charge in [0.15, 0.2) is 0 Å². The maximum Gasteiger partial charge on any atom is -0.0105 e. The van der Waals surface area contributed by atoms with E-state index in [2.05, 4.69) is 25.0 Å². The van der Waals surface area contributed by atoms with Crippen LogP contribution in [0.25, 0.3) is 0 Å². The van der Waals surface area contributed by atoms with E-state index in [9.17, 15) is 0 Å². The highest BCUT2D eigenvalue weighted by molar-refractivity contribution is 5.38. The fourth-order valence-electron chi connectivity index (χ4n) is 9.50. The van der Waals surface area contributed by atoms with Crippen LogP contribution < -0.4 is 0 Å². The van der Waals surface area contributed by atoms with Crippen molar-refractivity contribution in [2.24, 2.45) is 46.3 Å². The minimum atomic E-state index is 0.627. The zero-order chi connectivity index (χ0) is 14.7. The molecule has 8 aliphatic rings. The maximum absolute atomic E-state index is 2.69. The Bertz CT molecular complexity index is 489. The van der Waals surface area contributed by atoms with Crippen molar-refractivity contribution in [1.82, 2.24) is 0 Å². The van der Waals surface area contributed by atoms with Crippen LogP contribution in [0, 0.1) is 46.3 Å². The van der Waals surface area contributed by atoms with Crippen LogP contribution in [-0.4, -0.2) is 0 Å². The van der Waals surface area contributed by atoms with Crippen molar-refractivity contribution in [1.29, 1.82) is 0 Å². The lowest BCUT2D eigenvalue weighted by Crippen LogP contribution is -2.52. The number of hydrogen-bond acceptors (Lipinski definition) is 0. The first-order valence-electron chi connectivity index (χ1n) is 10.3. The highest BCUT2D eigenvalue weighted by atomic mass is 14.6. The van der Waals surface area contributed by atoms with Crippen molar-refractivity contribution < 1.29 is 0 Å². The molecule has 0 heterocycles. The van der Waals surface area contributed by atoms with Crippen molar-refractivity contribution in [3.05, 3.63) is 11.1 Å². The molecule has 4 unspecified atom stereocenters. The van der Waals surface area contributed by atoms with Crippen LogP contribution in [0.1, 0.15) is 78.1 Å². The summed E-state index contributed by atoms with van der Waals surface area (Å²) in [6.07, 6.45) is 15.6. The molecule has 8 bridgehead atoms. The second kappa shape index (κ2) is 3.86. The molecule has 0 aliphatic heterocycles. The summed E-state index contributed by atoms with van der Waals surface area (Å²) >= 11 is 0. The molecule has 8 saturated carbocycles. The molecule has 0 aromatic heterocycles. The summed E-state index contributed by atoms with van der Waals surface area (Å²) in [4.78, 5) is 0. The first-order chi connectivity index (χ1) is 10.5.